The van der Waals surface area contributed by atoms with Crippen molar-refractivity contribution in [3.05, 3.63) is 267 Å². The molecule has 10 heteroatoms. The second kappa shape index (κ2) is 18.6. The van der Waals surface area contributed by atoms with Crippen LogP contribution in [0.25, 0.3) is 199 Å². The van der Waals surface area contributed by atoms with Gasteiger partial charge in [0.15, 0.2) is 22.3 Å². The molecule has 0 spiro atoms. The van der Waals surface area contributed by atoms with E-state index >= 15 is 0 Å². The van der Waals surface area contributed by atoms with Crippen LogP contribution < -0.4 is 0 Å². The summed E-state index contributed by atoms with van der Waals surface area (Å²) in [5.41, 5.74) is 25.6. The van der Waals surface area contributed by atoms with Gasteiger partial charge in [-0.2, -0.15) is 0 Å². The maximum atomic E-state index is 7.21. The number of benzene rings is 10. The van der Waals surface area contributed by atoms with Crippen molar-refractivity contribution in [1.82, 2.24) is 29.1 Å². The van der Waals surface area contributed by atoms with Crippen molar-refractivity contribution in [2.45, 2.75) is 0 Å². The monoisotopic (exact) mass is 1150 g/mol. The first kappa shape index (κ1) is 48.8. The van der Waals surface area contributed by atoms with Crippen LogP contribution in [0.5, 0.6) is 0 Å². The fourth-order valence-electron chi connectivity index (χ4n) is 14.4. The lowest BCUT2D eigenvalue weighted by Crippen LogP contribution is -1.95. The van der Waals surface area contributed by atoms with Gasteiger partial charge in [-0.3, -0.25) is 19.9 Å². The van der Waals surface area contributed by atoms with Crippen LogP contribution in [0.15, 0.2) is 285 Å². The van der Waals surface area contributed by atoms with Crippen LogP contribution in [0.4, 0.5) is 0 Å². The van der Waals surface area contributed by atoms with E-state index in [-0.39, 0.29) is 0 Å². The van der Waals surface area contributed by atoms with Crippen LogP contribution in [-0.2, 0) is 0 Å². The molecule has 0 bridgehead atoms. The van der Waals surface area contributed by atoms with Crippen LogP contribution in [-0.4, -0.2) is 29.1 Å². The van der Waals surface area contributed by atoms with Crippen molar-refractivity contribution in [1.29, 1.82) is 0 Å². The van der Waals surface area contributed by atoms with Gasteiger partial charge in [0.1, 0.15) is 44.4 Å². The van der Waals surface area contributed by atoms with E-state index in [2.05, 4.69) is 203 Å². The Labute approximate surface area is 510 Å². The van der Waals surface area contributed by atoms with Gasteiger partial charge in [-0.1, -0.05) is 121 Å². The van der Waals surface area contributed by atoms with E-state index in [4.69, 9.17) is 37.6 Å². The summed E-state index contributed by atoms with van der Waals surface area (Å²) in [4.78, 5) is 19.7. The predicted molar refractivity (Wildman–Crippen MR) is 363 cm³/mol. The molecular formula is C80H44N6O4. The normalized spacial score (nSPS) is 12.2. The van der Waals surface area contributed by atoms with Crippen LogP contribution in [0.2, 0.25) is 0 Å². The van der Waals surface area contributed by atoms with E-state index in [1.165, 1.54) is 0 Å². The molecule has 0 aliphatic carbocycles. The van der Waals surface area contributed by atoms with E-state index in [1.807, 2.05) is 73.3 Å². The molecule has 0 radical (unpaired) electrons. The molecule has 0 unspecified atom stereocenters. The number of furan rings is 4. The first-order chi connectivity index (χ1) is 44.6. The number of rotatable bonds is 7. The maximum Gasteiger partial charge on any atom is 0.161 e. The molecule has 10 heterocycles. The zero-order chi connectivity index (χ0) is 58.7. The minimum atomic E-state index is 0.705. The lowest BCUT2D eigenvalue weighted by molar-refractivity contribution is 0.668. The maximum absolute atomic E-state index is 7.21. The third kappa shape index (κ3) is 6.92. The number of nitrogens with zero attached hydrogens (tertiary/aromatic N) is 6. The molecule has 0 fully saturated rings. The fourth-order valence-corrected chi connectivity index (χ4v) is 14.4. The molecule has 10 aromatic carbocycles. The first-order valence-electron chi connectivity index (χ1n) is 30.1. The fraction of sp³-hybridized carbons (Fsp3) is 0. The molecule has 0 atom stereocenters. The van der Waals surface area contributed by atoms with Crippen molar-refractivity contribution >= 4 is 132 Å². The summed E-state index contributed by atoms with van der Waals surface area (Å²) >= 11 is 0. The summed E-state index contributed by atoms with van der Waals surface area (Å²) in [7, 11) is 0. The zero-order valence-corrected chi connectivity index (χ0v) is 47.7. The van der Waals surface area contributed by atoms with Gasteiger partial charge in [-0.25, -0.2) is 0 Å². The Kier molecular flexibility index (Phi) is 10.1. The Balaban J connectivity index is 0.729. The van der Waals surface area contributed by atoms with Gasteiger partial charge in [-0.15, -0.1) is 0 Å². The summed E-state index contributed by atoms with van der Waals surface area (Å²) in [6.07, 6.45) is 7.55. The number of fused-ring (bicyclic) bond motifs is 18. The zero-order valence-electron chi connectivity index (χ0n) is 47.7. The molecule has 0 N–H and O–H groups in total. The number of hydrogen-bond acceptors (Lipinski definition) is 8. The van der Waals surface area contributed by atoms with Crippen LogP contribution in [0.1, 0.15) is 0 Å². The Morgan fingerprint density at radius 3 is 1.26 bits per heavy atom. The Hall–Kier alpha value is -12.4. The van der Waals surface area contributed by atoms with Crippen LogP contribution in [0, 0.1) is 0 Å². The van der Waals surface area contributed by atoms with E-state index in [1.54, 1.807) is 0 Å². The number of aromatic nitrogens is 6. The molecule has 10 nitrogen and oxygen atoms in total. The molecule has 10 aromatic heterocycles. The lowest BCUT2D eigenvalue weighted by Gasteiger charge is -2.12. The van der Waals surface area contributed by atoms with Crippen LogP contribution in [0.3, 0.4) is 0 Å². The molecule has 0 amide bonds. The molecule has 20 rings (SSSR count). The third-order valence-corrected chi connectivity index (χ3v) is 18.4. The lowest BCUT2D eigenvalue weighted by atomic mass is 9.97. The summed E-state index contributed by atoms with van der Waals surface area (Å²) in [5, 5.41) is 8.25. The summed E-state index contributed by atoms with van der Waals surface area (Å²) in [6.45, 7) is 0. The van der Waals surface area contributed by atoms with E-state index in [0.717, 1.165) is 188 Å². The third-order valence-electron chi connectivity index (χ3n) is 18.4. The molecule has 90 heavy (non-hydrogen) atoms. The first-order valence-corrected chi connectivity index (χ1v) is 30.1. The minimum absolute atomic E-state index is 0.705. The second-order valence-corrected chi connectivity index (χ2v) is 23.1. The summed E-state index contributed by atoms with van der Waals surface area (Å²) in [6, 6.07) is 84.8. The highest BCUT2D eigenvalue weighted by Crippen LogP contribution is 2.48. The summed E-state index contributed by atoms with van der Waals surface area (Å²) < 4.78 is 32.0. The van der Waals surface area contributed by atoms with Gasteiger partial charge < -0.3 is 26.8 Å². The highest BCUT2D eigenvalue weighted by atomic mass is 16.3. The number of pyridine rings is 4. The van der Waals surface area contributed by atoms with Gasteiger partial charge in [0, 0.05) is 107 Å². The van der Waals surface area contributed by atoms with Gasteiger partial charge in [0.2, 0.25) is 0 Å². The molecule has 418 valence electrons. The Bertz CT molecular complexity index is 6420. The summed E-state index contributed by atoms with van der Waals surface area (Å²) in [5.74, 6) is 0. The average Bonchev–Trinajstić information content (AvgIpc) is 1.66. The molecule has 20 aromatic rings. The van der Waals surface area contributed by atoms with E-state index < -0.39 is 0 Å². The highest BCUT2D eigenvalue weighted by molar-refractivity contribution is 6.21. The van der Waals surface area contributed by atoms with E-state index in [9.17, 15) is 0 Å². The smallest absolute Gasteiger partial charge is 0.161 e. The van der Waals surface area contributed by atoms with Crippen molar-refractivity contribution < 1.29 is 17.7 Å². The Morgan fingerprint density at radius 2 is 0.644 bits per heavy atom. The standard InChI is InChI=1S/C80H44N6O4/c1-3-14-48(15-4-1)85-64-31-28-46(50-34-38-81-71-58-18-7-9-25-67(58)87-77(50)71)43-62(64)63-44-47(29-32-65(63)85)51-35-39-83-73-60-24-12-23-56(76(60)90-78(51)73)53-20-13-27-69-70(53)74-79(89-69)52(36-40-84-74)45-30-33-66-61(42-45)55-22-11-21-54(75(55)86(66)49-16-5-2-6-17-49)57-37-41-82-72-59-19-8-10-26-68(59)88-80(57)72/h1-44H. The van der Waals surface area contributed by atoms with Crippen LogP contribution >= 0.6 is 0 Å². The molecule has 0 saturated carbocycles. The highest BCUT2D eigenvalue weighted by Gasteiger charge is 2.26. The largest absolute Gasteiger partial charge is 0.454 e. The van der Waals surface area contributed by atoms with Gasteiger partial charge in [-0.05, 0) is 144 Å². The minimum Gasteiger partial charge on any atom is -0.454 e. The SMILES string of the molecule is c1ccc(-n2c3ccc(-c4ccnc5c4oc4ccccc45)cc3c3cc(-c4ccnc5c4oc4c(-c6cccc7oc8c(-c9ccc%10c(c9)c9cccc(-c%11ccnc%12c%11oc%11ccccc%11%12)c9n%10-c9ccccc9)ccnc8c67)cccc45)ccc32)cc1. The molecule has 0 aliphatic rings. The number of hydrogen-bond donors (Lipinski definition) is 0. The Morgan fingerprint density at radius 1 is 0.244 bits per heavy atom. The van der Waals surface area contributed by atoms with Crippen molar-refractivity contribution in [2.75, 3.05) is 0 Å². The average molecular weight is 1150 g/mol. The molecule has 0 aliphatic heterocycles. The van der Waals surface area contributed by atoms with Crippen molar-refractivity contribution in [2.24, 2.45) is 0 Å². The second-order valence-electron chi connectivity index (χ2n) is 23.1. The quantitative estimate of drug-likeness (QED) is 0.155. The molecular weight excluding hydrogens is 1110 g/mol. The van der Waals surface area contributed by atoms with Gasteiger partial charge in [0.25, 0.3) is 0 Å². The van der Waals surface area contributed by atoms with E-state index in [0.29, 0.717) is 11.2 Å². The number of para-hydroxylation sites is 6. The molecule has 0 saturated heterocycles. The topological polar surface area (TPSA) is 114 Å². The van der Waals surface area contributed by atoms with Gasteiger partial charge in [0.05, 0.1) is 27.5 Å². The van der Waals surface area contributed by atoms with Crippen molar-refractivity contribution in [3.63, 3.8) is 0 Å². The predicted octanol–water partition coefficient (Wildman–Crippen LogP) is 21.4. The van der Waals surface area contributed by atoms with Crippen molar-refractivity contribution in [3.8, 4) is 67.0 Å². The van der Waals surface area contributed by atoms with Gasteiger partial charge >= 0.3 is 0 Å².